The van der Waals surface area contributed by atoms with E-state index in [2.05, 4.69) is 15.8 Å². The van der Waals surface area contributed by atoms with Crippen molar-refractivity contribution in [3.63, 3.8) is 0 Å². The Morgan fingerprint density at radius 2 is 1.81 bits per heavy atom. The van der Waals surface area contributed by atoms with E-state index in [0.717, 1.165) is 11.3 Å². The summed E-state index contributed by atoms with van der Waals surface area (Å²) in [6.45, 7) is 1.57. The van der Waals surface area contributed by atoms with Gasteiger partial charge in [0.15, 0.2) is 0 Å². The summed E-state index contributed by atoms with van der Waals surface area (Å²) in [6.07, 6.45) is 0. The van der Waals surface area contributed by atoms with Gasteiger partial charge in [-0.25, -0.2) is 5.43 Å². The number of benzene rings is 1. The summed E-state index contributed by atoms with van der Waals surface area (Å²) in [5, 5.41) is 30.5. The number of aliphatic hydroxyl groups is 1. The number of hydrazone groups is 1. The second-order valence-corrected chi connectivity index (χ2v) is 9.00. The van der Waals surface area contributed by atoms with Crippen LogP contribution in [-0.2, 0) is 0 Å². The maximum atomic E-state index is 12.8. The molecule has 1 aromatic carbocycles. The summed E-state index contributed by atoms with van der Waals surface area (Å²) in [5.41, 5.74) is 3.76. The molecule has 12 heteroatoms. The summed E-state index contributed by atoms with van der Waals surface area (Å²) in [4.78, 5) is 25.3. The molecule has 0 radical (unpaired) electrons. The van der Waals surface area contributed by atoms with Crippen molar-refractivity contribution in [3.8, 4) is 16.2 Å². The Balaban J connectivity index is 0.00000363. The van der Waals surface area contributed by atoms with Crippen LogP contribution in [0.2, 0.25) is 10.0 Å². The van der Waals surface area contributed by atoms with E-state index < -0.39 is 5.91 Å². The number of carbonyl (C=O) groups is 2. The van der Waals surface area contributed by atoms with Gasteiger partial charge in [-0.3, -0.25) is 9.59 Å². The minimum atomic E-state index is -0.502. The number of hydrogen-bond acceptors (Lipinski definition) is 7. The third-order valence-corrected chi connectivity index (χ3v) is 6.93. The van der Waals surface area contributed by atoms with Crippen molar-refractivity contribution in [2.75, 3.05) is 13.2 Å². The molecule has 0 saturated heterocycles. The Morgan fingerprint density at radius 1 is 1.12 bits per heavy atom. The molecule has 0 unspecified atom stereocenters. The Hall–Kier alpha value is -0.794. The van der Waals surface area contributed by atoms with Crippen LogP contribution in [0.15, 0.2) is 40.8 Å². The van der Waals surface area contributed by atoms with Crippen LogP contribution >= 0.6 is 45.9 Å². The number of thiophene rings is 2. The molecule has 0 bridgehead atoms. The summed E-state index contributed by atoms with van der Waals surface area (Å²) >= 11 is 14.2. The molecule has 0 aliphatic heterocycles. The van der Waals surface area contributed by atoms with Gasteiger partial charge in [0.2, 0.25) is 0 Å². The largest absolute Gasteiger partial charge is 1.00 e. The van der Waals surface area contributed by atoms with Crippen molar-refractivity contribution >= 4 is 63.4 Å². The Bertz CT molecular complexity index is 1160. The van der Waals surface area contributed by atoms with Gasteiger partial charge in [0.1, 0.15) is 0 Å². The van der Waals surface area contributed by atoms with Gasteiger partial charge in [-0.1, -0.05) is 35.0 Å². The Kier molecular flexibility index (Phi) is 10.8. The predicted octanol–water partition coefficient (Wildman–Crippen LogP) is 0.737. The maximum absolute atomic E-state index is 12.8. The molecule has 32 heavy (non-hydrogen) atoms. The Morgan fingerprint density at radius 3 is 2.47 bits per heavy atom. The number of nitrogens with zero attached hydrogens (tertiary/aromatic N) is 1. The molecule has 7 nitrogen and oxygen atoms in total. The standard InChI is InChI=1S/C20H17Cl2N3O4S2.K/c1-10(12-9-30-18(17(12)27)11-2-3-13(21)14(22)8-11)24-25-20(29)16-5-4-15(31-16)19(28)23-6-7-26;/h2-5,8-9,26-27H,6-7H2,1H3,(H,23,28)(H,25,29);/q;+1/p-1/b24-10+;. The molecule has 0 spiro atoms. The van der Waals surface area contributed by atoms with E-state index >= 15 is 0 Å². The van der Waals surface area contributed by atoms with E-state index in [4.69, 9.17) is 28.3 Å². The van der Waals surface area contributed by atoms with Crippen molar-refractivity contribution in [2.24, 2.45) is 5.10 Å². The van der Waals surface area contributed by atoms with Crippen LogP contribution in [0.5, 0.6) is 5.75 Å². The van der Waals surface area contributed by atoms with E-state index in [0.29, 0.717) is 36.6 Å². The van der Waals surface area contributed by atoms with Crippen molar-refractivity contribution < 1.29 is 71.2 Å². The first kappa shape index (κ1) is 27.5. The number of amides is 2. The first-order valence-electron chi connectivity index (χ1n) is 8.89. The average molecular weight is 537 g/mol. The summed E-state index contributed by atoms with van der Waals surface area (Å²) in [6, 6.07) is 7.98. The number of nitrogens with one attached hydrogen (secondary N) is 2. The zero-order valence-corrected chi connectivity index (χ0v) is 23.3. The fourth-order valence-electron chi connectivity index (χ4n) is 2.52. The Labute approximate surface area is 244 Å². The van der Waals surface area contributed by atoms with Gasteiger partial charge >= 0.3 is 51.4 Å². The van der Waals surface area contributed by atoms with Crippen LogP contribution in [0.25, 0.3) is 10.4 Å². The molecule has 0 fully saturated rings. The zero-order valence-electron chi connectivity index (χ0n) is 17.1. The van der Waals surface area contributed by atoms with Gasteiger partial charge in [-0.2, -0.15) is 5.10 Å². The summed E-state index contributed by atoms with van der Waals surface area (Å²) in [5.74, 6) is -1.10. The molecule has 2 amide bonds. The number of halogens is 2. The third-order valence-electron chi connectivity index (χ3n) is 4.09. The first-order valence-corrected chi connectivity index (χ1v) is 11.3. The number of rotatable bonds is 7. The monoisotopic (exact) mass is 535 g/mol. The number of hydrogen-bond donors (Lipinski definition) is 3. The van der Waals surface area contributed by atoms with Crippen molar-refractivity contribution in [3.05, 3.63) is 61.1 Å². The molecule has 0 aliphatic rings. The second-order valence-electron chi connectivity index (χ2n) is 6.22. The van der Waals surface area contributed by atoms with Crippen molar-refractivity contribution in [1.82, 2.24) is 10.7 Å². The quantitative estimate of drug-likeness (QED) is 0.235. The van der Waals surface area contributed by atoms with E-state index in [1.807, 2.05) is 0 Å². The molecule has 2 aromatic heterocycles. The molecule has 3 N–H and O–H groups in total. The van der Waals surface area contributed by atoms with Crippen LogP contribution < -0.4 is 67.2 Å². The first-order chi connectivity index (χ1) is 14.8. The fraction of sp³-hybridized carbons (Fsp3) is 0.150. The molecule has 0 saturated carbocycles. The molecule has 0 aliphatic carbocycles. The second kappa shape index (κ2) is 12.6. The third kappa shape index (κ3) is 6.63. The SMILES string of the molecule is C/C(=N\NC(=O)c1ccc(C(=O)NCCO)s1)c1csc(-c2ccc(Cl)c(Cl)c2)c1[O-].[K+]. The van der Waals surface area contributed by atoms with E-state index in [1.54, 1.807) is 30.5 Å². The average Bonchev–Trinajstić information content (AvgIpc) is 3.39. The van der Waals surface area contributed by atoms with Crippen LogP contribution in [0.1, 0.15) is 31.8 Å². The maximum Gasteiger partial charge on any atom is 1.00 e. The van der Waals surface area contributed by atoms with Crippen LogP contribution in [0, 0.1) is 0 Å². The van der Waals surface area contributed by atoms with Crippen LogP contribution in [0.4, 0.5) is 0 Å². The number of carbonyl (C=O) groups excluding carboxylic acids is 2. The normalized spacial score (nSPS) is 11.1. The van der Waals surface area contributed by atoms with Gasteiger partial charge in [-0.05, 0) is 42.1 Å². The van der Waals surface area contributed by atoms with E-state index in [9.17, 15) is 14.7 Å². The zero-order chi connectivity index (χ0) is 22.5. The van der Waals surface area contributed by atoms with Crippen LogP contribution in [-0.4, -0.2) is 35.8 Å². The van der Waals surface area contributed by atoms with Crippen molar-refractivity contribution in [1.29, 1.82) is 0 Å². The van der Waals surface area contributed by atoms with Gasteiger partial charge < -0.3 is 15.5 Å². The number of aliphatic hydroxyl groups excluding tert-OH is 1. The van der Waals surface area contributed by atoms with Gasteiger partial charge in [0.05, 0.1) is 32.1 Å². The molecular formula is C20H16Cl2KN3O4S2. The molecule has 3 aromatic rings. The summed E-state index contributed by atoms with van der Waals surface area (Å²) in [7, 11) is 0. The van der Waals surface area contributed by atoms with Gasteiger partial charge in [0.25, 0.3) is 11.8 Å². The molecule has 0 atom stereocenters. The minimum Gasteiger partial charge on any atom is -0.871 e. The predicted molar refractivity (Wildman–Crippen MR) is 123 cm³/mol. The van der Waals surface area contributed by atoms with E-state index in [1.165, 1.54) is 23.5 Å². The molecule has 2 heterocycles. The van der Waals surface area contributed by atoms with Crippen LogP contribution in [0.3, 0.4) is 0 Å². The minimum absolute atomic E-state index is 0. The van der Waals surface area contributed by atoms with Gasteiger partial charge in [0, 0.05) is 17.0 Å². The van der Waals surface area contributed by atoms with Crippen molar-refractivity contribution in [2.45, 2.75) is 6.92 Å². The van der Waals surface area contributed by atoms with E-state index in [-0.39, 0.29) is 81.1 Å². The topological polar surface area (TPSA) is 114 Å². The molecular weight excluding hydrogens is 520 g/mol. The smallest absolute Gasteiger partial charge is 0.871 e. The van der Waals surface area contributed by atoms with Gasteiger partial charge in [-0.15, -0.1) is 22.7 Å². The molecule has 3 rings (SSSR count). The summed E-state index contributed by atoms with van der Waals surface area (Å²) < 4.78 is 0. The molecule has 162 valence electrons. The fourth-order valence-corrected chi connectivity index (χ4v) is 4.63.